The Labute approximate surface area is 119 Å². The lowest BCUT2D eigenvalue weighted by atomic mass is 10.3. The summed E-state index contributed by atoms with van der Waals surface area (Å²) in [4.78, 5) is 2.32. The number of ether oxygens (including phenoxy) is 1. The SMILES string of the molecule is CC(C)N(C)CCNCCOc1ccc(Br)cc1. The van der Waals surface area contributed by atoms with Crippen molar-refractivity contribution >= 4 is 15.9 Å². The van der Waals surface area contributed by atoms with E-state index in [9.17, 15) is 0 Å². The highest BCUT2D eigenvalue weighted by Gasteiger charge is 2.01. The summed E-state index contributed by atoms with van der Waals surface area (Å²) in [5.41, 5.74) is 0. The van der Waals surface area contributed by atoms with Crippen LogP contribution in [0.25, 0.3) is 0 Å². The molecular weight excluding hydrogens is 292 g/mol. The van der Waals surface area contributed by atoms with Crippen molar-refractivity contribution in [3.05, 3.63) is 28.7 Å². The summed E-state index contributed by atoms with van der Waals surface area (Å²) in [5, 5.41) is 3.38. The molecule has 0 atom stereocenters. The molecule has 0 aliphatic heterocycles. The summed E-state index contributed by atoms with van der Waals surface area (Å²) < 4.78 is 6.69. The van der Waals surface area contributed by atoms with Crippen molar-refractivity contribution < 1.29 is 4.74 Å². The van der Waals surface area contributed by atoms with E-state index in [0.29, 0.717) is 12.6 Å². The molecule has 18 heavy (non-hydrogen) atoms. The van der Waals surface area contributed by atoms with E-state index < -0.39 is 0 Å². The molecule has 0 unspecified atom stereocenters. The minimum Gasteiger partial charge on any atom is -0.492 e. The van der Waals surface area contributed by atoms with Crippen LogP contribution in [0.5, 0.6) is 5.75 Å². The Kier molecular flexibility index (Phi) is 7.32. The van der Waals surface area contributed by atoms with Gasteiger partial charge in [0.05, 0.1) is 0 Å². The average Bonchev–Trinajstić information content (AvgIpc) is 2.35. The van der Waals surface area contributed by atoms with Crippen LogP contribution in [0.4, 0.5) is 0 Å². The van der Waals surface area contributed by atoms with Gasteiger partial charge in [-0.1, -0.05) is 15.9 Å². The number of nitrogens with zero attached hydrogens (tertiary/aromatic N) is 1. The van der Waals surface area contributed by atoms with Gasteiger partial charge in [-0.3, -0.25) is 0 Å². The maximum Gasteiger partial charge on any atom is 0.119 e. The van der Waals surface area contributed by atoms with Crippen LogP contribution in [0.15, 0.2) is 28.7 Å². The van der Waals surface area contributed by atoms with E-state index >= 15 is 0 Å². The molecule has 0 spiro atoms. The fourth-order valence-electron chi connectivity index (χ4n) is 1.41. The van der Waals surface area contributed by atoms with Gasteiger partial charge in [-0.15, -0.1) is 0 Å². The molecule has 1 aromatic rings. The van der Waals surface area contributed by atoms with E-state index in [1.807, 2.05) is 24.3 Å². The first-order chi connectivity index (χ1) is 8.59. The summed E-state index contributed by atoms with van der Waals surface area (Å²) in [6.45, 7) is 8.05. The molecule has 102 valence electrons. The Morgan fingerprint density at radius 3 is 2.50 bits per heavy atom. The van der Waals surface area contributed by atoms with Crippen molar-refractivity contribution in [1.29, 1.82) is 0 Å². The van der Waals surface area contributed by atoms with Crippen molar-refractivity contribution in [2.45, 2.75) is 19.9 Å². The van der Waals surface area contributed by atoms with Crippen molar-refractivity contribution in [3.8, 4) is 5.75 Å². The van der Waals surface area contributed by atoms with Gasteiger partial charge < -0.3 is 15.0 Å². The van der Waals surface area contributed by atoms with Crippen LogP contribution in [0.1, 0.15) is 13.8 Å². The van der Waals surface area contributed by atoms with Crippen molar-refractivity contribution in [2.75, 3.05) is 33.3 Å². The first kappa shape index (κ1) is 15.5. The zero-order chi connectivity index (χ0) is 13.4. The fourth-order valence-corrected chi connectivity index (χ4v) is 1.67. The van der Waals surface area contributed by atoms with E-state index in [1.54, 1.807) is 0 Å². The molecule has 0 aromatic heterocycles. The van der Waals surface area contributed by atoms with Gasteiger partial charge in [-0.05, 0) is 45.2 Å². The van der Waals surface area contributed by atoms with Gasteiger partial charge in [-0.25, -0.2) is 0 Å². The number of halogens is 1. The molecule has 0 amide bonds. The van der Waals surface area contributed by atoms with E-state index in [-0.39, 0.29) is 0 Å². The molecule has 0 saturated heterocycles. The van der Waals surface area contributed by atoms with Gasteiger partial charge in [0.25, 0.3) is 0 Å². The third-order valence-corrected chi connectivity index (χ3v) is 3.41. The highest BCUT2D eigenvalue weighted by Crippen LogP contribution is 2.15. The molecule has 1 rings (SSSR count). The van der Waals surface area contributed by atoms with Crippen molar-refractivity contribution in [1.82, 2.24) is 10.2 Å². The smallest absolute Gasteiger partial charge is 0.119 e. The Hall–Kier alpha value is -0.580. The highest BCUT2D eigenvalue weighted by molar-refractivity contribution is 9.10. The van der Waals surface area contributed by atoms with Crippen LogP contribution in [-0.4, -0.2) is 44.2 Å². The molecule has 0 heterocycles. The molecule has 1 N–H and O–H groups in total. The van der Waals surface area contributed by atoms with E-state index in [1.165, 1.54) is 0 Å². The minimum absolute atomic E-state index is 0.603. The molecule has 0 aliphatic carbocycles. The summed E-state index contributed by atoms with van der Waals surface area (Å²) in [7, 11) is 2.14. The number of nitrogens with one attached hydrogen (secondary N) is 1. The minimum atomic E-state index is 0.603. The monoisotopic (exact) mass is 314 g/mol. The maximum absolute atomic E-state index is 5.62. The summed E-state index contributed by atoms with van der Waals surface area (Å²) >= 11 is 3.40. The number of rotatable bonds is 8. The average molecular weight is 315 g/mol. The Morgan fingerprint density at radius 2 is 1.89 bits per heavy atom. The lowest BCUT2D eigenvalue weighted by Crippen LogP contribution is -2.35. The van der Waals surface area contributed by atoms with Crippen LogP contribution in [0.3, 0.4) is 0 Å². The van der Waals surface area contributed by atoms with Crippen LogP contribution < -0.4 is 10.1 Å². The third kappa shape index (κ3) is 6.38. The lowest BCUT2D eigenvalue weighted by Gasteiger charge is -2.20. The first-order valence-corrected chi connectivity index (χ1v) is 7.18. The first-order valence-electron chi connectivity index (χ1n) is 6.39. The molecule has 0 fully saturated rings. The molecule has 3 nitrogen and oxygen atoms in total. The molecular formula is C14H23BrN2O. The fraction of sp³-hybridized carbons (Fsp3) is 0.571. The molecule has 0 bridgehead atoms. The third-order valence-electron chi connectivity index (χ3n) is 2.88. The zero-order valence-corrected chi connectivity index (χ0v) is 13.0. The Balaban J connectivity index is 2.03. The van der Waals surface area contributed by atoms with Crippen molar-refractivity contribution in [3.63, 3.8) is 0 Å². The number of likely N-dealkylation sites (N-methyl/N-ethyl adjacent to an activating group) is 1. The Bertz CT molecular complexity index is 327. The predicted octanol–water partition coefficient (Wildman–Crippen LogP) is 2.76. The predicted molar refractivity (Wildman–Crippen MR) is 80.3 cm³/mol. The normalized spacial score (nSPS) is 11.2. The second-order valence-corrected chi connectivity index (χ2v) is 5.54. The Morgan fingerprint density at radius 1 is 1.22 bits per heavy atom. The van der Waals surface area contributed by atoms with Gasteiger partial charge in [0, 0.05) is 30.1 Å². The molecule has 0 aliphatic rings. The standard InChI is InChI=1S/C14H23BrN2O/c1-12(2)17(3)10-8-16-9-11-18-14-6-4-13(15)5-7-14/h4-7,12,16H,8-11H2,1-3H3. The van der Waals surface area contributed by atoms with E-state index in [2.05, 4.69) is 47.0 Å². The van der Waals surface area contributed by atoms with Gasteiger partial charge in [-0.2, -0.15) is 0 Å². The topological polar surface area (TPSA) is 24.5 Å². The summed E-state index contributed by atoms with van der Waals surface area (Å²) in [6, 6.07) is 8.51. The van der Waals surface area contributed by atoms with Crippen LogP contribution in [0.2, 0.25) is 0 Å². The summed E-state index contributed by atoms with van der Waals surface area (Å²) in [6.07, 6.45) is 0. The molecule has 1 aromatic carbocycles. The van der Waals surface area contributed by atoms with Gasteiger partial charge in [0.2, 0.25) is 0 Å². The molecule has 0 radical (unpaired) electrons. The van der Waals surface area contributed by atoms with Crippen LogP contribution in [0, 0.1) is 0 Å². The number of benzene rings is 1. The molecule has 0 saturated carbocycles. The zero-order valence-electron chi connectivity index (χ0n) is 11.4. The number of hydrogen-bond donors (Lipinski definition) is 1. The maximum atomic E-state index is 5.62. The lowest BCUT2D eigenvalue weighted by molar-refractivity contribution is 0.265. The van der Waals surface area contributed by atoms with Gasteiger partial charge in [0.15, 0.2) is 0 Å². The van der Waals surface area contributed by atoms with Crippen LogP contribution >= 0.6 is 15.9 Å². The van der Waals surface area contributed by atoms with Crippen LogP contribution in [-0.2, 0) is 0 Å². The van der Waals surface area contributed by atoms with Gasteiger partial charge >= 0.3 is 0 Å². The molecule has 4 heteroatoms. The number of hydrogen-bond acceptors (Lipinski definition) is 3. The van der Waals surface area contributed by atoms with E-state index in [4.69, 9.17) is 4.74 Å². The largest absolute Gasteiger partial charge is 0.492 e. The highest BCUT2D eigenvalue weighted by atomic mass is 79.9. The summed E-state index contributed by atoms with van der Waals surface area (Å²) in [5.74, 6) is 0.916. The van der Waals surface area contributed by atoms with Gasteiger partial charge in [0.1, 0.15) is 12.4 Å². The quantitative estimate of drug-likeness (QED) is 0.747. The van der Waals surface area contributed by atoms with E-state index in [0.717, 1.165) is 29.9 Å². The second kappa shape index (κ2) is 8.51. The second-order valence-electron chi connectivity index (χ2n) is 4.63. The van der Waals surface area contributed by atoms with Crippen molar-refractivity contribution in [2.24, 2.45) is 0 Å².